The first-order valence-electron chi connectivity index (χ1n) is 5.66. The maximum atomic E-state index is 13.7. The van der Waals surface area contributed by atoms with Crippen LogP contribution in [0.3, 0.4) is 0 Å². The van der Waals surface area contributed by atoms with Crippen LogP contribution >= 0.6 is 12.2 Å². The zero-order valence-electron chi connectivity index (χ0n) is 9.84. The smallest absolute Gasteiger partial charge is 0.168 e. The molecule has 5 heteroatoms. The van der Waals surface area contributed by atoms with Crippen molar-refractivity contribution in [3.63, 3.8) is 0 Å². The van der Waals surface area contributed by atoms with Gasteiger partial charge in [-0.15, -0.1) is 0 Å². The number of rotatable bonds is 3. The van der Waals surface area contributed by atoms with Crippen LogP contribution in [0.25, 0.3) is 11.3 Å². The Labute approximate surface area is 109 Å². The highest BCUT2D eigenvalue weighted by Crippen LogP contribution is 2.22. The average Bonchev–Trinajstić information content (AvgIpc) is 2.32. The summed E-state index contributed by atoms with van der Waals surface area (Å²) in [6, 6.07) is 5.59. The topological polar surface area (TPSA) is 28.7 Å². The van der Waals surface area contributed by atoms with Gasteiger partial charge in [0.1, 0.15) is 10.5 Å². The molecule has 0 bridgehead atoms. The lowest BCUT2D eigenvalue weighted by Gasteiger charge is -2.07. The number of nitrogens with one attached hydrogen (secondary N) is 1. The van der Waals surface area contributed by atoms with E-state index in [0.717, 1.165) is 12.5 Å². The second kappa shape index (κ2) is 5.35. The molecule has 0 fully saturated rings. The van der Waals surface area contributed by atoms with E-state index in [9.17, 15) is 8.78 Å². The SMILES string of the molecule is CCCc1nc(=S)cc(-c2cccc(F)c2F)[nH]1. The van der Waals surface area contributed by atoms with E-state index in [0.29, 0.717) is 22.6 Å². The Morgan fingerprint density at radius 1 is 1.33 bits per heavy atom. The fourth-order valence-electron chi connectivity index (χ4n) is 1.72. The Morgan fingerprint density at radius 3 is 2.83 bits per heavy atom. The zero-order valence-corrected chi connectivity index (χ0v) is 10.7. The van der Waals surface area contributed by atoms with Crippen molar-refractivity contribution in [1.29, 1.82) is 0 Å². The molecule has 0 spiro atoms. The van der Waals surface area contributed by atoms with Gasteiger partial charge in [0, 0.05) is 12.0 Å². The Bertz CT molecular complexity index is 623. The van der Waals surface area contributed by atoms with Crippen LogP contribution in [0.4, 0.5) is 8.78 Å². The van der Waals surface area contributed by atoms with Gasteiger partial charge in [-0.3, -0.25) is 0 Å². The molecular weight excluding hydrogens is 254 g/mol. The standard InChI is InChI=1S/C13H12F2N2S/c1-2-4-11-16-10(7-12(18)17-11)8-5-3-6-9(14)13(8)15/h3,5-7H,2,4H2,1H3,(H,16,17,18). The number of hydrogen-bond donors (Lipinski definition) is 1. The van der Waals surface area contributed by atoms with Gasteiger partial charge in [0.15, 0.2) is 11.6 Å². The lowest BCUT2D eigenvalue weighted by atomic mass is 10.1. The minimum absolute atomic E-state index is 0.167. The summed E-state index contributed by atoms with van der Waals surface area (Å²) in [5.41, 5.74) is 0.622. The Kier molecular flexibility index (Phi) is 3.81. The van der Waals surface area contributed by atoms with Crippen molar-refractivity contribution < 1.29 is 8.78 Å². The number of halogens is 2. The molecule has 2 nitrogen and oxygen atoms in total. The number of benzene rings is 1. The van der Waals surface area contributed by atoms with Crippen molar-refractivity contribution in [3.8, 4) is 11.3 Å². The molecule has 0 amide bonds. The number of aryl methyl sites for hydroxylation is 1. The lowest BCUT2D eigenvalue weighted by Crippen LogP contribution is -1.99. The molecule has 94 valence electrons. The minimum atomic E-state index is -0.878. The summed E-state index contributed by atoms with van der Waals surface area (Å²) in [7, 11) is 0. The van der Waals surface area contributed by atoms with Gasteiger partial charge in [-0.1, -0.05) is 25.2 Å². The molecule has 0 saturated carbocycles. The summed E-state index contributed by atoms with van der Waals surface area (Å²) < 4.78 is 27.2. The number of aromatic nitrogens is 2. The van der Waals surface area contributed by atoms with Crippen molar-refractivity contribution in [1.82, 2.24) is 9.97 Å². The van der Waals surface area contributed by atoms with Crippen LogP contribution in [0.5, 0.6) is 0 Å². The zero-order chi connectivity index (χ0) is 13.1. The predicted octanol–water partition coefficient (Wildman–Crippen LogP) is 4.04. The average molecular weight is 266 g/mol. The van der Waals surface area contributed by atoms with E-state index in [-0.39, 0.29) is 5.56 Å². The van der Waals surface area contributed by atoms with Gasteiger partial charge in [0.25, 0.3) is 0 Å². The summed E-state index contributed by atoms with van der Waals surface area (Å²) in [6.45, 7) is 2.01. The summed E-state index contributed by atoms with van der Waals surface area (Å²) >= 11 is 5.03. The van der Waals surface area contributed by atoms with Crippen LogP contribution in [-0.2, 0) is 6.42 Å². The quantitative estimate of drug-likeness (QED) is 0.849. The largest absolute Gasteiger partial charge is 0.343 e. The highest BCUT2D eigenvalue weighted by atomic mass is 32.1. The second-order valence-electron chi connectivity index (χ2n) is 3.93. The van der Waals surface area contributed by atoms with Gasteiger partial charge in [-0.05, 0) is 24.6 Å². The Balaban J connectivity index is 2.56. The molecule has 1 aromatic heterocycles. The molecule has 1 heterocycles. The molecule has 1 N–H and O–H groups in total. The fraction of sp³-hybridized carbons (Fsp3) is 0.231. The molecule has 0 unspecified atom stereocenters. The first-order valence-corrected chi connectivity index (χ1v) is 6.07. The maximum Gasteiger partial charge on any atom is 0.168 e. The molecule has 0 aliphatic carbocycles. The van der Waals surface area contributed by atoms with Crippen LogP contribution in [0.15, 0.2) is 24.3 Å². The van der Waals surface area contributed by atoms with Crippen molar-refractivity contribution in [2.24, 2.45) is 0 Å². The number of nitrogens with zero attached hydrogens (tertiary/aromatic N) is 1. The van der Waals surface area contributed by atoms with Crippen molar-refractivity contribution in [2.75, 3.05) is 0 Å². The molecular formula is C13H12F2N2S. The van der Waals surface area contributed by atoms with E-state index in [2.05, 4.69) is 9.97 Å². The molecule has 0 saturated heterocycles. The third-order valence-corrected chi connectivity index (χ3v) is 2.73. The van der Waals surface area contributed by atoms with Gasteiger partial charge in [0.05, 0.1) is 5.69 Å². The van der Waals surface area contributed by atoms with E-state index in [1.165, 1.54) is 18.2 Å². The van der Waals surface area contributed by atoms with Gasteiger partial charge < -0.3 is 4.98 Å². The number of hydrogen-bond acceptors (Lipinski definition) is 2. The van der Waals surface area contributed by atoms with Gasteiger partial charge in [-0.2, -0.15) is 0 Å². The summed E-state index contributed by atoms with van der Waals surface area (Å²) in [5.74, 6) is -1.07. The highest BCUT2D eigenvalue weighted by Gasteiger charge is 2.11. The van der Waals surface area contributed by atoms with Crippen LogP contribution in [0, 0.1) is 16.3 Å². The molecule has 1 aromatic carbocycles. The maximum absolute atomic E-state index is 13.7. The van der Waals surface area contributed by atoms with Crippen LogP contribution in [0.1, 0.15) is 19.2 Å². The van der Waals surface area contributed by atoms with E-state index in [1.807, 2.05) is 6.92 Å². The lowest BCUT2D eigenvalue weighted by molar-refractivity contribution is 0.511. The summed E-state index contributed by atoms with van der Waals surface area (Å²) in [4.78, 5) is 7.13. The number of H-pyrrole nitrogens is 1. The molecule has 2 rings (SSSR count). The van der Waals surface area contributed by atoms with Crippen molar-refractivity contribution >= 4 is 12.2 Å². The van der Waals surface area contributed by atoms with Crippen molar-refractivity contribution in [2.45, 2.75) is 19.8 Å². The molecule has 18 heavy (non-hydrogen) atoms. The van der Waals surface area contributed by atoms with Crippen LogP contribution in [-0.4, -0.2) is 9.97 Å². The molecule has 0 aliphatic rings. The third-order valence-electron chi connectivity index (χ3n) is 2.52. The third kappa shape index (κ3) is 2.61. The number of aromatic amines is 1. The predicted molar refractivity (Wildman–Crippen MR) is 68.8 cm³/mol. The fourth-order valence-corrected chi connectivity index (χ4v) is 1.95. The Morgan fingerprint density at radius 2 is 2.11 bits per heavy atom. The van der Waals surface area contributed by atoms with Gasteiger partial charge >= 0.3 is 0 Å². The molecule has 0 atom stereocenters. The summed E-state index contributed by atoms with van der Waals surface area (Å²) in [5, 5.41) is 0. The van der Waals surface area contributed by atoms with Crippen molar-refractivity contribution in [3.05, 3.63) is 46.4 Å². The van der Waals surface area contributed by atoms with E-state index in [4.69, 9.17) is 12.2 Å². The van der Waals surface area contributed by atoms with E-state index in [1.54, 1.807) is 0 Å². The normalized spacial score (nSPS) is 10.6. The van der Waals surface area contributed by atoms with Crippen LogP contribution in [0.2, 0.25) is 0 Å². The second-order valence-corrected chi connectivity index (χ2v) is 4.35. The van der Waals surface area contributed by atoms with Gasteiger partial charge in [0.2, 0.25) is 0 Å². The van der Waals surface area contributed by atoms with E-state index >= 15 is 0 Å². The first kappa shape index (κ1) is 12.8. The molecule has 0 radical (unpaired) electrons. The first-order chi connectivity index (χ1) is 8.61. The highest BCUT2D eigenvalue weighted by molar-refractivity contribution is 7.71. The minimum Gasteiger partial charge on any atom is -0.343 e. The molecule has 2 aromatic rings. The monoisotopic (exact) mass is 266 g/mol. The Hall–Kier alpha value is -1.62. The molecule has 0 aliphatic heterocycles. The van der Waals surface area contributed by atoms with Crippen LogP contribution < -0.4 is 0 Å². The van der Waals surface area contributed by atoms with Gasteiger partial charge in [-0.25, -0.2) is 13.8 Å². The summed E-state index contributed by atoms with van der Waals surface area (Å²) in [6.07, 6.45) is 1.61. The van der Waals surface area contributed by atoms with E-state index < -0.39 is 11.6 Å².